The first-order valence-corrected chi connectivity index (χ1v) is 16.0. The van der Waals surface area contributed by atoms with Gasteiger partial charge in [0.15, 0.2) is 0 Å². The lowest BCUT2D eigenvalue weighted by Gasteiger charge is -2.39. The van der Waals surface area contributed by atoms with Crippen LogP contribution in [0.15, 0.2) is 79.3 Å². The molecule has 1 saturated heterocycles. The molecule has 1 aliphatic rings. The van der Waals surface area contributed by atoms with Gasteiger partial charge < -0.3 is 10.2 Å². The molecule has 1 aliphatic heterocycles. The normalized spacial score (nSPS) is 13.9. The third kappa shape index (κ3) is 8.84. The quantitative estimate of drug-likeness (QED) is 0.160. The number of nitrogens with zero attached hydrogens (tertiary/aromatic N) is 5. The third-order valence-corrected chi connectivity index (χ3v) is 8.34. The molecule has 2 aromatic heterocycles. The van der Waals surface area contributed by atoms with E-state index in [9.17, 15) is 32.3 Å². The van der Waals surface area contributed by atoms with E-state index in [0.717, 1.165) is 51.5 Å². The van der Waals surface area contributed by atoms with Crippen molar-refractivity contribution in [3.05, 3.63) is 96.0 Å². The summed E-state index contributed by atoms with van der Waals surface area (Å²) < 4.78 is 41.4. The minimum atomic E-state index is -4.37. The Kier molecular flexibility index (Phi) is 10.8. The van der Waals surface area contributed by atoms with Gasteiger partial charge in [-0.05, 0) is 67.3 Å². The molecular weight excluding hydrogens is 653 g/mol. The largest absolute Gasteiger partial charge is 0.395 e. The second kappa shape index (κ2) is 15.2. The Hall–Kier alpha value is -5.73. The molecule has 0 saturated carbocycles. The van der Waals surface area contributed by atoms with Crippen LogP contribution in [0, 0.1) is 5.92 Å². The zero-order valence-corrected chi connectivity index (χ0v) is 27.7. The van der Waals surface area contributed by atoms with Crippen molar-refractivity contribution in [2.24, 2.45) is 13.0 Å². The van der Waals surface area contributed by atoms with Crippen molar-refractivity contribution < 1.29 is 32.3 Å². The first-order chi connectivity index (χ1) is 23.8. The number of aryl methyl sites for hydroxylation is 3. The highest BCUT2D eigenvalue weighted by molar-refractivity contribution is 5.98. The van der Waals surface area contributed by atoms with Gasteiger partial charge in [-0.15, -0.1) is 0 Å². The fraction of sp³-hybridized carbons (Fsp3) is 0.314. The van der Waals surface area contributed by atoms with E-state index in [1.807, 2.05) is 62.2 Å². The summed E-state index contributed by atoms with van der Waals surface area (Å²) in [4.78, 5) is 51.0. The van der Waals surface area contributed by atoms with Gasteiger partial charge in [0.05, 0.1) is 23.9 Å². The zero-order chi connectivity index (χ0) is 36.0. The molecule has 1 atom stereocenters. The summed E-state index contributed by atoms with van der Waals surface area (Å²) in [6, 6.07) is 14.5. The van der Waals surface area contributed by atoms with Crippen LogP contribution in [0.2, 0.25) is 0 Å². The molecule has 50 heavy (non-hydrogen) atoms. The molecule has 0 spiro atoms. The number of carbonyl (C=O) groups excluding carboxylic acids is 4. The smallest absolute Gasteiger partial charge is 0.346 e. The highest BCUT2D eigenvalue weighted by Gasteiger charge is 2.48. The molecule has 0 bridgehead atoms. The highest BCUT2D eigenvalue weighted by Crippen LogP contribution is 2.33. The second-order valence-electron chi connectivity index (χ2n) is 12.0. The van der Waals surface area contributed by atoms with Crippen molar-refractivity contribution in [1.29, 1.82) is 0 Å². The first kappa shape index (κ1) is 35.6. The van der Waals surface area contributed by atoms with Crippen LogP contribution in [0.5, 0.6) is 0 Å². The van der Waals surface area contributed by atoms with E-state index in [-0.39, 0.29) is 18.7 Å². The minimum Gasteiger partial charge on any atom is -0.346 e. The summed E-state index contributed by atoms with van der Waals surface area (Å²) in [7, 11) is 1.84. The Bertz CT molecular complexity index is 1910. The van der Waals surface area contributed by atoms with Crippen molar-refractivity contribution in [2.75, 3.05) is 13.1 Å². The number of amides is 4. The number of rotatable bonds is 11. The van der Waals surface area contributed by atoms with E-state index in [4.69, 9.17) is 0 Å². The number of hydrogen-bond donors (Lipinski definition) is 3. The van der Waals surface area contributed by atoms with Crippen molar-refractivity contribution in [3.8, 4) is 22.4 Å². The molecule has 4 amide bonds. The van der Waals surface area contributed by atoms with E-state index in [1.165, 1.54) is 0 Å². The standard InChI is InChI=1S/C35H37F3N8O4/c1-4-46-14-13-30(43-46)26-16-24(15-25(17-26)27-18-39-44(3)19-27)22(2)40-34(50)29-8-6-5-7-23(29)9-10-31(47)41-42-32(48)11-12-33(49)45-20-28(21-45)35(36,37)38/h5-8,11-19,22,28H,4,9-10,20-21H2,1-3H3,(H,40,50)(H,41,47)(H,42,48)/b12-11+/t22-/m1/s1. The van der Waals surface area contributed by atoms with Crippen LogP contribution in [0.4, 0.5) is 13.2 Å². The number of benzene rings is 2. The maximum Gasteiger partial charge on any atom is 0.395 e. The van der Waals surface area contributed by atoms with Gasteiger partial charge in [-0.25, -0.2) is 0 Å². The average Bonchev–Trinajstić information content (AvgIpc) is 3.73. The number of aromatic nitrogens is 4. The molecule has 5 rings (SSSR count). The summed E-state index contributed by atoms with van der Waals surface area (Å²) in [6.07, 6.45) is 3.02. The summed E-state index contributed by atoms with van der Waals surface area (Å²) in [5.74, 6) is -4.02. The maximum absolute atomic E-state index is 13.5. The molecule has 1 fully saturated rings. The number of likely N-dealkylation sites (tertiary alicyclic amines) is 1. The number of hydrogen-bond acceptors (Lipinski definition) is 6. The van der Waals surface area contributed by atoms with Gasteiger partial charge in [0.2, 0.25) is 11.8 Å². The molecule has 3 N–H and O–H groups in total. The van der Waals surface area contributed by atoms with Crippen molar-refractivity contribution in [1.82, 2.24) is 40.6 Å². The molecule has 0 radical (unpaired) electrons. The Balaban J connectivity index is 1.18. The number of halogens is 3. The lowest BCUT2D eigenvalue weighted by atomic mass is 9.96. The summed E-state index contributed by atoms with van der Waals surface area (Å²) in [5.41, 5.74) is 9.77. The predicted molar refractivity (Wildman–Crippen MR) is 178 cm³/mol. The lowest BCUT2D eigenvalue weighted by molar-refractivity contribution is -0.208. The van der Waals surface area contributed by atoms with Crippen LogP contribution in [0.25, 0.3) is 22.4 Å². The SMILES string of the molecule is CCn1ccc(-c2cc(-c3cnn(C)c3)cc([C@@H](C)NC(=O)c3ccccc3CCC(=O)NNC(=O)/C=C/C(=O)N3CC(C(F)(F)F)C3)c2)n1. The fourth-order valence-corrected chi connectivity index (χ4v) is 5.40. The number of hydrazine groups is 1. The maximum atomic E-state index is 13.5. The van der Waals surface area contributed by atoms with Crippen molar-refractivity contribution in [3.63, 3.8) is 0 Å². The van der Waals surface area contributed by atoms with E-state index in [1.54, 1.807) is 35.1 Å². The third-order valence-electron chi connectivity index (χ3n) is 8.34. The lowest BCUT2D eigenvalue weighted by Crippen LogP contribution is -2.55. The molecule has 4 aromatic rings. The van der Waals surface area contributed by atoms with E-state index in [2.05, 4.69) is 26.4 Å². The van der Waals surface area contributed by atoms with Gasteiger partial charge in [0.1, 0.15) is 0 Å². The number of nitrogens with one attached hydrogen (secondary N) is 3. The monoisotopic (exact) mass is 690 g/mol. The molecule has 0 unspecified atom stereocenters. The van der Waals surface area contributed by atoms with Gasteiger partial charge in [-0.2, -0.15) is 23.4 Å². The molecule has 262 valence electrons. The second-order valence-corrected chi connectivity index (χ2v) is 12.0. The van der Waals surface area contributed by atoms with Gasteiger partial charge in [0.25, 0.3) is 11.8 Å². The van der Waals surface area contributed by atoms with Gasteiger partial charge >= 0.3 is 6.18 Å². The summed E-state index contributed by atoms with van der Waals surface area (Å²) >= 11 is 0. The molecule has 15 heteroatoms. The van der Waals surface area contributed by atoms with Gasteiger partial charge in [-0.3, -0.25) is 39.4 Å². The Morgan fingerprint density at radius 3 is 2.42 bits per heavy atom. The number of carbonyl (C=O) groups is 4. The average molecular weight is 691 g/mol. The predicted octanol–water partition coefficient (Wildman–Crippen LogP) is 4.12. The van der Waals surface area contributed by atoms with Crippen LogP contribution >= 0.6 is 0 Å². The molecule has 0 aliphatic carbocycles. The van der Waals surface area contributed by atoms with E-state index >= 15 is 0 Å². The topological polar surface area (TPSA) is 143 Å². The number of alkyl halides is 3. The minimum absolute atomic E-state index is 0.0731. The summed E-state index contributed by atoms with van der Waals surface area (Å²) in [6.45, 7) is 3.70. The van der Waals surface area contributed by atoms with Crippen LogP contribution in [0.1, 0.15) is 47.8 Å². The van der Waals surface area contributed by atoms with E-state index in [0.29, 0.717) is 11.1 Å². The Morgan fingerprint density at radius 1 is 1.00 bits per heavy atom. The van der Waals surface area contributed by atoms with Crippen molar-refractivity contribution >= 4 is 23.6 Å². The highest BCUT2D eigenvalue weighted by atomic mass is 19.4. The van der Waals surface area contributed by atoms with Gasteiger partial charge in [-0.1, -0.05) is 18.2 Å². The van der Waals surface area contributed by atoms with Crippen LogP contribution in [-0.2, 0) is 34.4 Å². The Morgan fingerprint density at radius 2 is 1.74 bits per heavy atom. The molecule has 3 heterocycles. The molecule has 12 nitrogen and oxygen atoms in total. The summed E-state index contributed by atoms with van der Waals surface area (Å²) in [5, 5.41) is 12.0. The fourth-order valence-electron chi connectivity index (χ4n) is 5.40. The van der Waals surface area contributed by atoms with Gasteiger partial charge in [0, 0.05) is 74.3 Å². The first-order valence-electron chi connectivity index (χ1n) is 16.0. The molecule has 2 aromatic carbocycles. The van der Waals surface area contributed by atoms with Crippen molar-refractivity contribution in [2.45, 2.75) is 45.5 Å². The van der Waals surface area contributed by atoms with E-state index < -0.39 is 48.9 Å². The molecular formula is C35H37F3N8O4. The van der Waals surface area contributed by atoms with Crippen LogP contribution in [0.3, 0.4) is 0 Å². The van der Waals surface area contributed by atoms with Crippen LogP contribution in [-0.4, -0.2) is 67.4 Å². The van der Waals surface area contributed by atoms with Crippen LogP contribution < -0.4 is 16.2 Å². The Labute approximate surface area is 286 Å². The zero-order valence-electron chi connectivity index (χ0n) is 27.7.